The van der Waals surface area contributed by atoms with Crippen LogP contribution in [0.15, 0.2) is 47.2 Å². The SMILES string of the molecule is N#CC1Cc2ccccc2C1=O.c1ccsc1. The normalized spacial score (nSPS) is 16.6. The maximum atomic E-state index is 11.4. The fourth-order valence-corrected chi connectivity index (χ4v) is 2.22. The smallest absolute Gasteiger partial charge is 0.180 e. The molecule has 2 nitrogen and oxygen atoms in total. The fourth-order valence-electron chi connectivity index (χ4n) is 1.77. The summed E-state index contributed by atoms with van der Waals surface area (Å²) in [6.45, 7) is 0. The van der Waals surface area contributed by atoms with Crippen molar-refractivity contribution in [1.29, 1.82) is 5.26 Å². The van der Waals surface area contributed by atoms with Gasteiger partial charge in [0.25, 0.3) is 0 Å². The number of nitriles is 1. The second-order valence-electron chi connectivity index (χ2n) is 3.70. The van der Waals surface area contributed by atoms with Crippen LogP contribution in [0.2, 0.25) is 0 Å². The van der Waals surface area contributed by atoms with E-state index in [1.165, 1.54) is 0 Å². The van der Waals surface area contributed by atoms with Crippen LogP contribution in [0.3, 0.4) is 0 Å². The summed E-state index contributed by atoms with van der Waals surface area (Å²) in [7, 11) is 0. The highest BCUT2D eigenvalue weighted by molar-refractivity contribution is 7.07. The minimum atomic E-state index is -0.442. The van der Waals surface area contributed by atoms with Crippen LogP contribution in [0, 0.1) is 17.2 Å². The Hall–Kier alpha value is -1.92. The van der Waals surface area contributed by atoms with E-state index < -0.39 is 5.92 Å². The van der Waals surface area contributed by atoms with Crippen LogP contribution in [0.4, 0.5) is 0 Å². The summed E-state index contributed by atoms with van der Waals surface area (Å²) < 4.78 is 0. The predicted octanol–water partition coefficient (Wildman–Crippen LogP) is 3.31. The van der Waals surface area contributed by atoms with Gasteiger partial charge >= 0.3 is 0 Å². The Morgan fingerprint density at radius 3 is 2.41 bits per heavy atom. The van der Waals surface area contributed by atoms with Gasteiger partial charge in [-0.1, -0.05) is 36.4 Å². The van der Waals surface area contributed by atoms with E-state index in [9.17, 15) is 4.79 Å². The summed E-state index contributed by atoms with van der Waals surface area (Å²) in [6, 6.07) is 13.5. The Morgan fingerprint density at radius 1 is 1.18 bits per heavy atom. The first-order chi connectivity index (χ1) is 8.33. The molecule has 84 valence electrons. The average Bonchev–Trinajstić information content (AvgIpc) is 3.02. The zero-order valence-corrected chi connectivity index (χ0v) is 9.98. The Balaban J connectivity index is 0.000000181. The third-order valence-corrected chi connectivity index (χ3v) is 3.23. The van der Waals surface area contributed by atoms with Gasteiger partial charge in [0.05, 0.1) is 6.07 Å². The van der Waals surface area contributed by atoms with Crippen molar-refractivity contribution in [1.82, 2.24) is 0 Å². The number of rotatable bonds is 0. The van der Waals surface area contributed by atoms with E-state index in [0.717, 1.165) is 11.1 Å². The van der Waals surface area contributed by atoms with Gasteiger partial charge in [-0.2, -0.15) is 16.6 Å². The fraction of sp³-hybridized carbons (Fsp3) is 0.143. The maximum absolute atomic E-state index is 11.4. The Morgan fingerprint density at radius 2 is 1.88 bits per heavy atom. The molecule has 0 amide bonds. The van der Waals surface area contributed by atoms with Crippen LogP contribution in [-0.4, -0.2) is 5.78 Å². The summed E-state index contributed by atoms with van der Waals surface area (Å²) in [5.74, 6) is -0.463. The van der Waals surface area contributed by atoms with Crippen LogP contribution in [0.1, 0.15) is 15.9 Å². The lowest BCUT2D eigenvalue weighted by atomic mass is 10.1. The van der Waals surface area contributed by atoms with Crippen molar-refractivity contribution in [2.24, 2.45) is 5.92 Å². The highest BCUT2D eigenvalue weighted by Gasteiger charge is 2.29. The third-order valence-electron chi connectivity index (χ3n) is 2.60. The largest absolute Gasteiger partial charge is 0.293 e. The molecule has 1 aliphatic rings. The highest BCUT2D eigenvalue weighted by atomic mass is 32.1. The van der Waals surface area contributed by atoms with Crippen LogP contribution in [-0.2, 0) is 6.42 Å². The second kappa shape index (κ2) is 5.42. The molecule has 17 heavy (non-hydrogen) atoms. The highest BCUT2D eigenvalue weighted by Crippen LogP contribution is 2.25. The third kappa shape index (κ3) is 2.61. The number of nitrogens with zero attached hydrogens (tertiary/aromatic N) is 1. The Labute approximate surface area is 104 Å². The molecular formula is C14H11NOS. The quantitative estimate of drug-likeness (QED) is 0.710. The molecule has 3 rings (SSSR count). The summed E-state index contributed by atoms with van der Waals surface area (Å²) in [4.78, 5) is 11.4. The standard InChI is InChI=1S/C10H7NO.C4H4S/c11-6-8-5-7-3-1-2-4-9(7)10(8)12;1-2-4-5-3-1/h1-4,8H,5H2;1-4H. The molecule has 1 unspecified atom stereocenters. The molecule has 0 aliphatic heterocycles. The predicted molar refractivity (Wildman–Crippen MR) is 67.9 cm³/mol. The lowest BCUT2D eigenvalue weighted by Gasteiger charge is -1.92. The van der Waals surface area contributed by atoms with Crippen molar-refractivity contribution in [2.75, 3.05) is 0 Å². The van der Waals surface area contributed by atoms with E-state index in [1.54, 1.807) is 17.4 Å². The van der Waals surface area contributed by atoms with Crippen molar-refractivity contribution in [3.8, 4) is 6.07 Å². The van der Waals surface area contributed by atoms with E-state index in [1.807, 2.05) is 47.2 Å². The topological polar surface area (TPSA) is 40.9 Å². The minimum absolute atomic E-state index is 0.0203. The lowest BCUT2D eigenvalue weighted by molar-refractivity contribution is 0.0963. The molecule has 0 fully saturated rings. The molecule has 0 N–H and O–H groups in total. The number of carbonyl (C=O) groups is 1. The minimum Gasteiger partial charge on any atom is -0.293 e. The molecule has 3 heteroatoms. The van der Waals surface area contributed by atoms with E-state index in [-0.39, 0.29) is 5.78 Å². The summed E-state index contributed by atoms with van der Waals surface area (Å²) in [5, 5.41) is 12.7. The van der Waals surface area contributed by atoms with E-state index in [2.05, 4.69) is 0 Å². The van der Waals surface area contributed by atoms with Crippen molar-refractivity contribution in [3.05, 3.63) is 58.3 Å². The van der Waals surface area contributed by atoms with Crippen LogP contribution < -0.4 is 0 Å². The molecule has 0 saturated heterocycles. The number of Topliss-reactive ketones (excluding diaryl/α,β-unsaturated/α-hetero) is 1. The first kappa shape index (κ1) is 11.6. The first-order valence-electron chi connectivity index (χ1n) is 5.32. The summed E-state index contributed by atoms with van der Waals surface area (Å²) >= 11 is 1.71. The first-order valence-corrected chi connectivity index (χ1v) is 6.26. The summed E-state index contributed by atoms with van der Waals surface area (Å²) in [6.07, 6.45) is 0.589. The van der Waals surface area contributed by atoms with Gasteiger partial charge in [-0.05, 0) is 22.7 Å². The molecule has 0 bridgehead atoms. The average molecular weight is 241 g/mol. The number of thiophene rings is 1. The monoisotopic (exact) mass is 241 g/mol. The van der Waals surface area contributed by atoms with Crippen molar-refractivity contribution in [3.63, 3.8) is 0 Å². The van der Waals surface area contributed by atoms with Gasteiger partial charge in [-0.15, -0.1) is 0 Å². The molecule has 0 radical (unpaired) electrons. The Bertz CT molecular complexity index is 522. The zero-order valence-electron chi connectivity index (χ0n) is 9.17. The molecule has 0 spiro atoms. The number of carbonyl (C=O) groups excluding carboxylic acids is 1. The number of ketones is 1. The molecule has 1 aromatic heterocycles. The van der Waals surface area contributed by atoms with Gasteiger partial charge in [-0.25, -0.2) is 0 Å². The van der Waals surface area contributed by atoms with Gasteiger partial charge in [0.15, 0.2) is 5.78 Å². The van der Waals surface area contributed by atoms with Gasteiger partial charge < -0.3 is 0 Å². The lowest BCUT2D eigenvalue weighted by Crippen LogP contribution is -2.05. The molecule has 0 saturated carbocycles. The number of benzene rings is 1. The Kier molecular flexibility index (Phi) is 3.69. The number of fused-ring (bicyclic) bond motifs is 1. The van der Waals surface area contributed by atoms with E-state index in [0.29, 0.717) is 6.42 Å². The molecule has 1 atom stereocenters. The van der Waals surface area contributed by atoms with Crippen LogP contribution in [0.5, 0.6) is 0 Å². The van der Waals surface area contributed by atoms with Gasteiger partial charge in [-0.3, -0.25) is 4.79 Å². The molecule has 1 heterocycles. The number of hydrogen-bond acceptors (Lipinski definition) is 3. The van der Waals surface area contributed by atoms with E-state index >= 15 is 0 Å². The molecule has 2 aromatic rings. The molecule has 1 aliphatic carbocycles. The molecule has 1 aromatic carbocycles. The van der Waals surface area contributed by atoms with Gasteiger partial charge in [0.2, 0.25) is 0 Å². The molecular weight excluding hydrogens is 230 g/mol. The van der Waals surface area contributed by atoms with Crippen LogP contribution >= 0.6 is 11.3 Å². The second-order valence-corrected chi connectivity index (χ2v) is 4.52. The van der Waals surface area contributed by atoms with Crippen LogP contribution in [0.25, 0.3) is 0 Å². The number of hydrogen-bond donors (Lipinski definition) is 0. The van der Waals surface area contributed by atoms with Crippen molar-refractivity contribution >= 4 is 17.1 Å². The van der Waals surface area contributed by atoms with Crippen molar-refractivity contribution < 1.29 is 4.79 Å². The maximum Gasteiger partial charge on any atom is 0.180 e. The zero-order chi connectivity index (χ0) is 12.1. The van der Waals surface area contributed by atoms with E-state index in [4.69, 9.17) is 5.26 Å². The van der Waals surface area contributed by atoms with Gasteiger partial charge in [0, 0.05) is 5.56 Å². The van der Waals surface area contributed by atoms with Crippen molar-refractivity contribution in [2.45, 2.75) is 6.42 Å². The van der Waals surface area contributed by atoms with Gasteiger partial charge in [0.1, 0.15) is 5.92 Å². The summed E-state index contributed by atoms with van der Waals surface area (Å²) in [5.41, 5.74) is 1.73.